The summed E-state index contributed by atoms with van der Waals surface area (Å²) >= 11 is 0. The van der Waals surface area contributed by atoms with Gasteiger partial charge in [0.15, 0.2) is 0 Å². The van der Waals surface area contributed by atoms with Crippen LogP contribution in [-0.4, -0.2) is 50.0 Å². The number of hydrogen-bond donors (Lipinski definition) is 0. The van der Waals surface area contributed by atoms with Gasteiger partial charge in [-0.25, -0.2) is 9.78 Å². The van der Waals surface area contributed by atoms with Gasteiger partial charge in [-0.05, 0) is 39.5 Å². The Bertz CT molecular complexity index is 432. The number of carbonyl (C=O) groups is 1. The maximum atomic E-state index is 12.4. The van der Waals surface area contributed by atoms with Gasteiger partial charge in [-0.15, -0.1) is 0 Å². The average molecular weight is 264 g/mol. The maximum Gasteiger partial charge on any atom is 0.346 e. The van der Waals surface area contributed by atoms with Crippen molar-refractivity contribution in [1.82, 2.24) is 19.7 Å². The Balaban J connectivity index is 1.71. The Morgan fingerprint density at radius 3 is 2.53 bits per heavy atom. The molecule has 0 aliphatic carbocycles. The van der Waals surface area contributed by atoms with Crippen LogP contribution in [0.2, 0.25) is 0 Å². The second kappa shape index (κ2) is 4.92. The van der Waals surface area contributed by atoms with Crippen molar-refractivity contribution in [2.24, 2.45) is 0 Å². The van der Waals surface area contributed by atoms with Gasteiger partial charge in [0.1, 0.15) is 12.7 Å². The van der Waals surface area contributed by atoms with Crippen molar-refractivity contribution in [2.45, 2.75) is 63.8 Å². The Hall–Kier alpha value is -1.43. The third-order valence-corrected chi connectivity index (χ3v) is 3.99. The molecule has 3 atom stereocenters. The molecule has 0 radical (unpaired) electrons. The molecule has 19 heavy (non-hydrogen) atoms. The number of ether oxygens (including phenoxy) is 1. The topological polar surface area (TPSA) is 60.2 Å². The van der Waals surface area contributed by atoms with Gasteiger partial charge in [0.25, 0.3) is 0 Å². The second-order valence-electron chi connectivity index (χ2n) is 5.69. The summed E-state index contributed by atoms with van der Waals surface area (Å²) in [5.74, 6) is 0. The first-order valence-corrected chi connectivity index (χ1v) is 6.98. The molecule has 0 N–H and O–H groups in total. The lowest BCUT2D eigenvalue weighted by Gasteiger charge is -2.38. The number of nitrogens with zero attached hydrogens (tertiary/aromatic N) is 4. The summed E-state index contributed by atoms with van der Waals surface area (Å²) in [7, 11) is 0. The molecule has 1 aromatic heterocycles. The fourth-order valence-corrected chi connectivity index (χ4v) is 3.36. The summed E-state index contributed by atoms with van der Waals surface area (Å²) in [6.07, 6.45) is 7.43. The molecule has 6 heteroatoms. The molecule has 0 saturated carbocycles. The van der Waals surface area contributed by atoms with Crippen LogP contribution in [0.25, 0.3) is 0 Å². The molecular formula is C13H20N4O2. The van der Waals surface area contributed by atoms with E-state index in [1.54, 1.807) is 0 Å². The van der Waals surface area contributed by atoms with Crippen LogP contribution in [0.4, 0.5) is 4.79 Å². The fraction of sp³-hybridized carbons (Fsp3) is 0.769. The number of hydrogen-bond acceptors (Lipinski definition) is 4. The Kier molecular flexibility index (Phi) is 3.26. The molecule has 3 heterocycles. The molecule has 2 fully saturated rings. The quantitative estimate of drug-likeness (QED) is 0.815. The number of aromatic nitrogens is 3. The van der Waals surface area contributed by atoms with Crippen LogP contribution in [0, 0.1) is 0 Å². The number of fused-ring (bicyclic) bond motifs is 2. The highest BCUT2D eigenvalue weighted by atomic mass is 16.5. The van der Waals surface area contributed by atoms with Gasteiger partial charge in [-0.2, -0.15) is 9.78 Å². The minimum absolute atomic E-state index is 0.0482. The first-order valence-electron chi connectivity index (χ1n) is 6.98. The monoisotopic (exact) mass is 264 g/mol. The molecule has 1 unspecified atom stereocenters. The summed E-state index contributed by atoms with van der Waals surface area (Å²) in [5.41, 5.74) is 0. The number of carbonyl (C=O) groups excluding carboxylic acids is 1. The summed E-state index contributed by atoms with van der Waals surface area (Å²) in [4.78, 5) is 18.2. The van der Waals surface area contributed by atoms with Gasteiger partial charge >= 0.3 is 6.03 Å². The maximum absolute atomic E-state index is 12.4. The molecular weight excluding hydrogens is 244 g/mol. The fourth-order valence-electron chi connectivity index (χ4n) is 3.36. The van der Waals surface area contributed by atoms with Crippen LogP contribution in [0.3, 0.4) is 0 Å². The van der Waals surface area contributed by atoms with Crippen LogP contribution in [0.15, 0.2) is 12.7 Å². The summed E-state index contributed by atoms with van der Waals surface area (Å²) < 4.78 is 7.25. The molecule has 2 bridgehead atoms. The zero-order valence-corrected chi connectivity index (χ0v) is 11.4. The predicted molar refractivity (Wildman–Crippen MR) is 68.7 cm³/mol. The molecule has 0 spiro atoms. The molecule has 2 saturated heterocycles. The predicted octanol–water partition coefficient (Wildman–Crippen LogP) is 1.67. The van der Waals surface area contributed by atoms with Gasteiger partial charge in [-0.3, -0.25) is 0 Å². The number of rotatable bonds is 2. The summed E-state index contributed by atoms with van der Waals surface area (Å²) in [6, 6.07) is 0.534. The van der Waals surface area contributed by atoms with Crippen molar-refractivity contribution in [3.05, 3.63) is 12.7 Å². The highest BCUT2D eigenvalue weighted by Crippen LogP contribution is 2.37. The average Bonchev–Trinajstić information content (AvgIpc) is 2.95. The van der Waals surface area contributed by atoms with E-state index in [0.29, 0.717) is 12.1 Å². The first kappa shape index (κ1) is 12.6. The lowest BCUT2D eigenvalue weighted by atomic mass is 10.00. The lowest BCUT2D eigenvalue weighted by Crippen LogP contribution is -2.50. The third-order valence-electron chi connectivity index (χ3n) is 3.99. The minimum atomic E-state index is -0.0482. The second-order valence-corrected chi connectivity index (χ2v) is 5.69. The van der Waals surface area contributed by atoms with Crippen molar-refractivity contribution in [2.75, 3.05) is 0 Å². The highest BCUT2D eigenvalue weighted by molar-refractivity contribution is 5.76. The van der Waals surface area contributed by atoms with Crippen molar-refractivity contribution in [3.63, 3.8) is 0 Å². The molecule has 1 aromatic rings. The van der Waals surface area contributed by atoms with Crippen LogP contribution >= 0.6 is 0 Å². The van der Waals surface area contributed by atoms with E-state index in [2.05, 4.69) is 23.9 Å². The van der Waals surface area contributed by atoms with E-state index in [1.807, 2.05) is 4.90 Å². The van der Waals surface area contributed by atoms with Crippen LogP contribution in [0.1, 0.15) is 39.5 Å². The molecule has 3 rings (SSSR count). The van der Waals surface area contributed by atoms with E-state index in [-0.39, 0.29) is 18.2 Å². The molecule has 104 valence electrons. The van der Waals surface area contributed by atoms with Gasteiger partial charge in [0.05, 0.1) is 12.2 Å². The van der Waals surface area contributed by atoms with E-state index in [9.17, 15) is 4.79 Å². The molecule has 1 amide bonds. The summed E-state index contributed by atoms with van der Waals surface area (Å²) in [6.45, 7) is 4.13. The van der Waals surface area contributed by atoms with Gasteiger partial charge in [0.2, 0.25) is 0 Å². The Morgan fingerprint density at radius 1 is 1.32 bits per heavy atom. The van der Waals surface area contributed by atoms with Gasteiger partial charge < -0.3 is 9.64 Å². The zero-order valence-electron chi connectivity index (χ0n) is 11.4. The Morgan fingerprint density at radius 2 is 2.00 bits per heavy atom. The molecule has 2 aliphatic heterocycles. The number of amides is 1. The van der Waals surface area contributed by atoms with Crippen molar-refractivity contribution in [3.8, 4) is 0 Å². The van der Waals surface area contributed by atoms with Crippen LogP contribution < -0.4 is 0 Å². The van der Waals surface area contributed by atoms with E-state index in [0.717, 1.165) is 25.7 Å². The van der Waals surface area contributed by atoms with Crippen LogP contribution in [-0.2, 0) is 4.74 Å². The normalized spacial score (nSPS) is 30.1. The largest absolute Gasteiger partial charge is 0.375 e. The number of piperidine rings is 1. The van der Waals surface area contributed by atoms with Gasteiger partial charge in [-0.1, -0.05) is 0 Å². The smallest absolute Gasteiger partial charge is 0.346 e. The van der Waals surface area contributed by atoms with E-state index in [4.69, 9.17) is 4.74 Å². The van der Waals surface area contributed by atoms with Crippen molar-refractivity contribution >= 4 is 6.03 Å². The minimum Gasteiger partial charge on any atom is -0.375 e. The first-order chi connectivity index (χ1) is 9.15. The van der Waals surface area contributed by atoms with E-state index >= 15 is 0 Å². The Labute approximate surface area is 112 Å². The highest BCUT2D eigenvalue weighted by Gasteiger charge is 2.44. The van der Waals surface area contributed by atoms with E-state index in [1.165, 1.54) is 17.3 Å². The van der Waals surface area contributed by atoms with E-state index < -0.39 is 0 Å². The standard InChI is InChI=1S/C13H20N4O2/c1-9(2)19-12-5-10-3-4-11(6-12)17(10)13(18)16-8-14-7-15-16/h7-12H,3-6H2,1-2H3/t10-,11+,12?. The molecule has 6 nitrogen and oxygen atoms in total. The zero-order chi connectivity index (χ0) is 13.4. The third kappa shape index (κ3) is 2.36. The summed E-state index contributed by atoms with van der Waals surface area (Å²) in [5, 5.41) is 3.94. The molecule has 0 aromatic carbocycles. The van der Waals surface area contributed by atoms with Crippen molar-refractivity contribution < 1.29 is 9.53 Å². The van der Waals surface area contributed by atoms with Crippen molar-refractivity contribution in [1.29, 1.82) is 0 Å². The SMILES string of the molecule is CC(C)OC1C[C@H]2CC[C@@H](C1)N2C(=O)n1cncn1. The lowest BCUT2D eigenvalue weighted by molar-refractivity contribution is -0.0385. The van der Waals surface area contributed by atoms with Gasteiger partial charge in [0, 0.05) is 12.1 Å². The van der Waals surface area contributed by atoms with Crippen LogP contribution in [0.5, 0.6) is 0 Å². The molecule has 2 aliphatic rings.